The molecule has 0 spiro atoms. The number of carbonyl (C=O) groups is 1. The van der Waals surface area contributed by atoms with E-state index in [0.29, 0.717) is 70.6 Å². The summed E-state index contributed by atoms with van der Waals surface area (Å²) in [5, 5.41) is 2.97. The van der Waals surface area contributed by atoms with E-state index in [-0.39, 0.29) is 30.3 Å². The summed E-state index contributed by atoms with van der Waals surface area (Å²) in [5.41, 5.74) is 0.694. The Morgan fingerprint density at radius 1 is 0.826 bits per heavy atom. The summed E-state index contributed by atoms with van der Waals surface area (Å²) in [5.74, 6) is -0.606. The molecular weight excluding hydrogens is 616 g/mol. The van der Waals surface area contributed by atoms with Gasteiger partial charge in [0.1, 0.15) is 24.7 Å². The topological polar surface area (TPSA) is 63.3 Å². The van der Waals surface area contributed by atoms with Crippen molar-refractivity contribution in [2.24, 2.45) is 0 Å². The lowest BCUT2D eigenvalue weighted by Crippen LogP contribution is -2.50. The van der Waals surface area contributed by atoms with Crippen LogP contribution in [-0.4, -0.2) is 62.1 Å². The first-order chi connectivity index (χ1) is 21.9. The summed E-state index contributed by atoms with van der Waals surface area (Å²) in [6, 6.07) is 20.1. The number of hydrogen-bond acceptors (Lipinski definition) is 6. The fourth-order valence-electron chi connectivity index (χ4n) is 5.65. The number of carbonyl (C=O) groups excluding carboxylic acids is 1. The summed E-state index contributed by atoms with van der Waals surface area (Å²) < 4.78 is 93.0. The number of benzene rings is 3. The molecule has 1 heterocycles. The van der Waals surface area contributed by atoms with Crippen LogP contribution in [0.2, 0.25) is 0 Å². The third-order valence-corrected chi connectivity index (χ3v) is 8.08. The van der Waals surface area contributed by atoms with Gasteiger partial charge in [0.25, 0.3) is 0 Å². The molecule has 0 atom stereocenters. The molecular formula is C33H35F6N3O4. The van der Waals surface area contributed by atoms with Gasteiger partial charge in [-0.25, -0.2) is 0 Å². The Bertz CT molecular complexity index is 1420. The molecule has 0 radical (unpaired) electrons. The Labute approximate surface area is 263 Å². The molecule has 248 valence electrons. The van der Waals surface area contributed by atoms with E-state index >= 15 is 0 Å². The first-order valence-electron chi connectivity index (χ1n) is 15.1. The van der Waals surface area contributed by atoms with Crippen molar-refractivity contribution in [2.45, 2.75) is 57.0 Å². The molecule has 1 saturated heterocycles. The number of nitrogens with zero attached hydrogens (tertiary/aromatic N) is 2. The molecule has 13 heteroatoms. The number of ether oxygens (including phenoxy) is 3. The van der Waals surface area contributed by atoms with E-state index in [4.69, 9.17) is 9.47 Å². The van der Waals surface area contributed by atoms with E-state index in [9.17, 15) is 31.1 Å². The third kappa shape index (κ3) is 9.44. The van der Waals surface area contributed by atoms with Gasteiger partial charge in [-0.15, -0.1) is 13.2 Å². The van der Waals surface area contributed by atoms with Crippen LogP contribution in [0.3, 0.4) is 0 Å². The van der Waals surface area contributed by atoms with E-state index in [2.05, 4.69) is 15.0 Å². The Kier molecular flexibility index (Phi) is 10.5. The van der Waals surface area contributed by atoms with Crippen molar-refractivity contribution in [2.75, 3.05) is 43.0 Å². The lowest BCUT2D eigenvalue weighted by molar-refractivity contribution is -0.276. The molecule has 7 nitrogen and oxygen atoms in total. The van der Waals surface area contributed by atoms with Crippen molar-refractivity contribution in [1.82, 2.24) is 4.90 Å². The van der Waals surface area contributed by atoms with Gasteiger partial charge in [0, 0.05) is 43.6 Å². The summed E-state index contributed by atoms with van der Waals surface area (Å²) in [6.07, 6.45) is -8.12. The monoisotopic (exact) mass is 651 g/mol. The van der Waals surface area contributed by atoms with Crippen molar-refractivity contribution in [3.63, 3.8) is 0 Å². The molecule has 3 aromatic carbocycles. The van der Waals surface area contributed by atoms with Crippen LogP contribution >= 0.6 is 0 Å². The third-order valence-electron chi connectivity index (χ3n) is 8.08. The maximum atomic E-state index is 13.4. The minimum absolute atomic E-state index is 0.0490. The van der Waals surface area contributed by atoms with E-state index in [0.717, 1.165) is 23.1 Å². The maximum absolute atomic E-state index is 13.4. The van der Waals surface area contributed by atoms with Crippen LogP contribution < -0.4 is 19.7 Å². The highest BCUT2D eigenvalue weighted by Crippen LogP contribution is 2.40. The lowest BCUT2D eigenvalue weighted by Gasteiger charge is -2.36. The molecule has 3 aromatic rings. The average Bonchev–Trinajstić information content (AvgIpc) is 3.04. The van der Waals surface area contributed by atoms with Gasteiger partial charge in [0.15, 0.2) is 0 Å². The highest BCUT2D eigenvalue weighted by Gasteiger charge is 2.39. The Morgan fingerprint density at radius 2 is 1.50 bits per heavy atom. The molecule has 46 heavy (non-hydrogen) atoms. The first-order valence-corrected chi connectivity index (χ1v) is 15.1. The highest BCUT2D eigenvalue weighted by atomic mass is 19.4. The SMILES string of the molecule is O=C(CO[C@H]1CC[C@@H](Nc2ccc(OC(F)(F)F)c(C(F)(F)F)c2)CC1)N1CCN(c2ccc(OCc3ccccc3)cc2)CC1. The van der Waals surface area contributed by atoms with Crippen LogP contribution in [0.15, 0.2) is 72.8 Å². The molecule has 0 aromatic heterocycles. The minimum atomic E-state index is -5.24. The first kappa shape index (κ1) is 33.2. The van der Waals surface area contributed by atoms with Gasteiger partial charge in [0.05, 0.1) is 11.7 Å². The van der Waals surface area contributed by atoms with Crippen LogP contribution in [-0.2, 0) is 22.3 Å². The zero-order valence-electron chi connectivity index (χ0n) is 24.9. The van der Waals surface area contributed by atoms with E-state index in [1.807, 2.05) is 54.6 Å². The van der Waals surface area contributed by atoms with Crippen LogP contribution in [0.4, 0.5) is 37.7 Å². The smallest absolute Gasteiger partial charge is 0.489 e. The number of nitrogens with one attached hydrogen (secondary N) is 1. The van der Waals surface area contributed by atoms with Gasteiger partial charge in [-0.05, 0) is 73.7 Å². The number of halogens is 6. The Morgan fingerprint density at radius 3 is 2.13 bits per heavy atom. The van der Waals surface area contributed by atoms with Gasteiger partial charge >= 0.3 is 12.5 Å². The zero-order chi connectivity index (χ0) is 32.7. The zero-order valence-corrected chi connectivity index (χ0v) is 24.9. The van der Waals surface area contributed by atoms with Crippen molar-refractivity contribution in [1.29, 1.82) is 0 Å². The molecule has 1 aliphatic carbocycles. The second-order valence-electron chi connectivity index (χ2n) is 11.3. The number of rotatable bonds is 10. The van der Waals surface area contributed by atoms with Crippen molar-refractivity contribution in [3.05, 3.63) is 83.9 Å². The summed E-state index contributed by atoms with van der Waals surface area (Å²) >= 11 is 0. The average molecular weight is 652 g/mol. The van der Waals surface area contributed by atoms with Gasteiger partial charge in [-0.1, -0.05) is 30.3 Å². The predicted octanol–water partition coefficient (Wildman–Crippen LogP) is 7.27. The fourth-order valence-corrected chi connectivity index (χ4v) is 5.65. The van der Waals surface area contributed by atoms with Crippen LogP contribution in [0.5, 0.6) is 11.5 Å². The molecule has 1 saturated carbocycles. The quantitative estimate of drug-likeness (QED) is 0.233. The largest absolute Gasteiger partial charge is 0.573 e. The highest BCUT2D eigenvalue weighted by molar-refractivity contribution is 5.77. The number of amides is 1. The van der Waals surface area contributed by atoms with Gasteiger partial charge in [-0.2, -0.15) is 13.2 Å². The molecule has 1 N–H and O–H groups in total. The molecule has 1 amide bonds. The number of alkyl halides is 6. The summed E-state index contributed by atoms with van der Waals surface area (Å²) in [7, 11) is 0. The number of hydrogen-bond donors (Lipinski definition) is 1. The van der Waals surface area contributed by atoms with Crippen molar-refractivity contribution >= 4 is 17.3 Å². The maximum Gasteiger partial charge on any atom is 0.573 e. The van der Waals surface area contributed by atoms with Crippen molar-refractivity contribution in [3.8, 4) is 11.5 Å². The molecule has 0 bridgehead atoms. The Balaban J connectivity index is 1.01. The van der Waals surface area contributed by atoms with Gasteiger partial charge < -0.3 is 29.3 Å². The van der Waals surface area contributed by atoms with E-state index in [1.165, 1.54) is 0 Å². The standard InChI is InChI=1S/C33H35F6N3O4/c34-32(35,36)29-20-25(8-15-30(29)46-33(37,38)39)40-24-6-11-27(12-7-24)45-22-31(43)42-18-16-41(17-19-42)26-9-13-28(14-10-26)44-21-23-4-2-1-3-5-23/h1-5,8-10,13-15,20,24,27,40H,6-7,11-12,16-19,21-22H2/t24-,27+. The second kappa shape index (κ2) is 14.5. The second-order valence-corrected chi connectivity index (χ2v) is 11.3. The van der Waals surface area contributed by atoms with Crippen LogP contribution in [0, 0.1) is 0 Å². The van der Waals surface area contributed by atoms with Crippen molar-refractivity contribution < 1.29 is 45.3 Å². The number of piperazine rings is 1. The van der Waals surface area contributed by atoms with Gasteiger partial charge in [-0.3, -0.25) is 4.79 Å². The predicted molar refractivity (Wildman–Crippen MR) is 160 cm³/mol. The molecule has 5 rings (SSSR count). The molecule has 1 aliphatic heterocycles. The van der Waals surface area contributed by atoms with Crippen LogP contribution in [0.25, 0.3) is 0 Å². The fraction of sp³-hybridized carbons (Fsp3) is 0.424. The molecule has 2 aliphatic rings. The van der Waals surface area contributed by atoms with Crippen LogP contribution in [0.1, 0.15) is 36.8 Å². The molecule has 0 unspecified atom stereocenters. The summed E-state index contributed by atoms with van der Waals surface area (Å²) in [6.45, 7) is 2.95. The molecule has 2 fully saturated rings. The summed E-state index contributed by atoms with van der Waals surface area (Å²) in [4.78, 5) is 16.8. The van der Waals surface area contributed by atoms with Gasteiger partial charge in [0.2, 0.25) is 5.91 Å². The minimum Gasteiger partial charge on any atom is -0.489 e. The van der Waals surface area contributed by atoms with E-state index < -0.39 is 23.9 Å². The normalized spacial score (nSPS) is 19.1. The Hall–Kier alpha value is -4.13. The van der Waals surface area contributed by atoms with E-state index in [1.54, 1.807) is 4.90 Å². The lowest BCUT2D eigenvalue weighted by atomic mass is 9.92. The number of anilines is 2.